The second-order valence-corrected chi connectivity index (χ2v) is 5.95. The number of pyridine rings is 1. The van der Waals surface area contributed by atoms with E-state index in [0.29, 0.717) is 6.54 Å². The van der Waals surface area contributed by atoms with Crippen molar-refractivity contribution >= 4 is 21.7 Å². The molecular formula is C10H14N4O3S. The summed E-state index contributed by atoms with van der Waals surface area (Å²) in [5, 5.41) is 0. The fourth-order valence-electron chi connectivity index (χ4n) is 1.70. The highest BCUT2D eigenvalue weighted by molar-refractivity contribution is 7.89. The van der Waals surface area contributed by atoms with Gasteiger partial charge in [0.05, 0.1) is 6.54 Å². The third kappa shape index (κ3) is 2.16. The molecule has 1 aliphatic rings. The van der Waals surface area contributed by atoms with Gasteiger partial charge in [0.15, 0.2) is 0 Å². The van der Waals surface area contributed by atoms with E-state index in [1.807, 2.05) is 0 Å². The minimum absolute atomic E-state index is 0.0520. The Hall–Kier alpha value is -1.67. The second kappa shape index (κ2) is 4.54. The molecule has 8 heteroatoms. The van der Waals surface area contributed by atoms with Crippen LogP contribution >= 0.6 is 0 Å². The largest absolute Gasteiger partial charge is 0.383 e. The molecule has 2 heterocycles. The number of hydrogen-bond acceptors (Lipinski definition) is 5. The molecule has 0 aromatic carbocycles. The fourth-order valence-corrected chi connectivity index (χ4v) is 3.15. The zero-order valence-corrected chi connectivity index (χ0v) is 10.7. The monoisotopic (exact) mass is 270 g/mol. The Bertz CT molecular complexity index is 572. The van der Waals surface area contributed by atoms with Crippen LogP contribution in [0, 0.1) is 0 Å². The lowest BCUT2D eigenvalue weighted by atomic mass is 10.4. The van der Waals surface area contributed by atoms with Crippen molar-refractivity contribution in [3.05, 3.63) is 18.3 Å². The highest BCUT2D eigenvalue weighted by atomic mass is 32.2. The summed E-state index contributed by atoms with van der Waals surface area (Å²) in [4.78, 5) is 16.7. The molecule has 1 fully saturated rings. The summed E-state index contributed by atoms with van der Waals surface area (Å²) >= 11 is 0. The average molecular weight is 270 g/mol. The quantitative estimate of drug-likeness (QED) is 0.753. The van der Waals surface area contributed by atoms with Crippen molar-refractivity contribution in [3.8, 4) is 0 Å². The van der Waals surface area contributed by atoms with Gasteiger partial charge in [0.25, 0.3) is 0 Å². The molecule has 1 amide bonds. The van der Waals surface area contributed by atoms with E-state index in [-0.39, 0.29) is 29.7 Å². The first kappa shape index (κ1) is 12.8. The number of carbonyl (C=O) groups is 1. The van der Waals surface area contributed by atoms with Gasteiger partial charge in [-0.15, -0.1) is 0 Å². The van der Waals surface area contributed by atoms with Crippen LogP contribution in [0.5, 0.6) is 0 Å². The predicted molar refractivity (Wildman–Crippen MR) is 65.0 cm³/mol. The maximum atomic E-state index is 12.3. The van der Waals surface area contributed by atoms with Crippen LogP contribution in [0.1, 0.15) is 0 Å². The Morgan fingerprint density at radius 2 is 2.11 bits per heavy atom. The van der Waals surface area contributed by atoms with E-state index in [0.717, 1.165) is 4.31 Å². The SMILES string of the molecule is CN1CCN(S(=O)(=O)c2cccnc2N)CC1=O. The van der Waals surface area contributed by atoms with Gasteiger partial charge in [-0.25, -0.2) is 13.4 Å². The molecule has 1 aromatic heterocycles. The minimum Gasteiger partial charge on any atom is -0.383 e. The van der Waals surface area contributed by atoms with E-state index in [1.165, 1.54) is 23.2 Å². The lowest BCUT2D eigenvalue weighted by Gasteiger charge is -2.31. The molecule has 0 saturated carbocycles. The van der Waals surface area contributed by atoms with Crippen molar-refractivity contribution in [1.82, 2.24) is 14.2 Å². The molecule has 0 bridgehead atoms. The van der Waals surface area contributed by atoms with E-state index in [9.17, 15) is 13.2 Å². The van der Waals surface area contributed by atoms with Crippen molar-refractivity contribution < 1.29 is 13.2 Å². The molecule has 0 atom stereocenters. The van der Waals surface area contributed by atoms with E-state index in [2.05, 4.69) is 4.98 Å². The third-order valence-electron chi connectivity index (χ3n) is 2.84. The summed E-state index contributed by atoms with van der Waals surface area (Å²) in [6, 6.07) is 2.89. The number of nitrogens with zero attached hydrogens (tertiary/aromatic N) is 3. The molecule has 98 valence electrons. The molecule has 0 unspecified atom stereocenters. The van der Waals surface area contributed by atoms with Gasteiger partial charge in [0, 0.05) is 26.3 Å². The zero-order valence-electron chi connectivity index (χ0n) is 9.91. The van der Waals surface area contributed by atoms with Crippen molar-refractivity contribution in [2.24, 2.45) is 0 Å². The van der Waals surface area contributed by atoms with Crippen LogP contribution < -0.4 is 5.73 Å². The average Bonchev–Trinajstić information content (AvgIpc) is 2.33. The summed E-state index contributed by atoms with van der Waals surface area (Å²) in [6.45, 7) is 0.476. The minimum atomic E-state index is -3.75. The van der Waals surface area contributed by atoms with Gasteiger partial charge in [0.1, 0.15) is 10.7 Å². The van der Waals surface area contributed by atoms with Crippen LogP contribution in [-0.4, -0.2) is 55.2 Å². The molecule has 1 aliphatic heterocycles. The van der Waals surface area contributed by atoms with E-state index in [1.54, 1.807) is 7.05 Å². The molecule has 0 spiro atoms. The maximum Gasteiger partial charge on any atom is 0.247 e. The summed E-state index contributed by atoms with van der Waals surface area (Å²) in [5.74, 6) is -0.281. The summed E-state index contributed by atoms with van der Waals surface area (Å²) < 4.78 is 25.7. The van der Waals surface area contributed by atoms with Gasteiger partial charge < -0.3 is 10.6 Å². The van der Waals surface area contributed by atoms with Gasteiger partial charge in [-0.3, -0.25) is 4.79 Å². The Morgan fingerprint density at radius 1 is 1.39 bits per heavy atom. The number of nitrogen functional groups attached to an aromatic ring is 1. The normalized spacial score (nSPS) is 18.1. The van der Waals surface area contributed by atoms with Crippen molar-refractivity contribution in [3.63, 3.8) is 0 Å². The molecule has 2 rings (SSSR count). The smallest absolute Gasteiger partial charge is 0.247 e. The topological polar surface area (TPSA) is 96.6 Å². The fraction of sp³-hybridized carbons (Fsp3) is 0.400. The van der Waals surface area contributed by atoms with Crippen molar-refractivity contribution in [1.29, 1.82) is 0 Å². The third-order valence-corrected chi connectivity index (χ3v) is 4.73. The number of amides is 1. The number of hydrogen-bond donors (Lipinski definition) is 1. The lowest BCUT2D eigenvalue weighted by Crippen LogP contribution is -2.50. The van der Waals surface area contributed by atoms with Crippen molar-refractivity contribution in [2.75, 3.05) is 32.4 Å². The maximum absolute atomic E-state index is 12.3. The van der Waals surface area contributed by atoms with Crippen LogP contribution in [0.4, 0.5) is 5.82 Å². The Morgan fingerprint density at radius 3 is 2.72 bits per heavy atom. The number of anilines is 1. The van der Waals surface area contributed by atoms with Crippen molar-refractivity contribution in [2.45, 2.75) is 4.90 Å². The zero-order chi connectivity index (χ0) is 13.3. The molecule has 7 nitrogen and oxygen atoms in total. The number of carbonyl (C=O) groups excluding carboxylic acids is 1. The van der Waals surface area contributed by atoms with E-state index < -0.39 is 10.0 Å². The Kier molecular flexibility index (Phi) is 3.22. The highest BCUT2D eigenvalue weighted by Crippen LogP contribution is 2.21. The van der Waals surface area contributed by atoms with Crippen LogP contribution in [0.15, 0.2) is 23.2 Å². The van der Waals surface area contributed by atoms with Gasteiger partial charge >= 0.3 is 0 Å². The molecule has 0 radical (unpaired) electrons. The first-order chi connectivity index (χ1) is 8.43. The number of piperazine rings is 1. The summed E-state index contributed by atoms with van der Waals surface area (Å²) in [5.41, 5.74) is 5.56. The van der Waals surface area contributed by atoms with Gasteiger partial charge in [-0.05, 0) is 12.1 Å². The predicted octanol–water partition coefficient (Wildman–Crippen LogP) is -0.873. The summed E-state index contributed by atoms with van der Waals surface area (Å²) in [7, 11) is -2.11. The molecule has 18 heavy (non-hydrogen) atoms. The second-order valence-electron chi connectivity index (χ2n) is 4.04. The van der Waals surface area contributed by atoms with E-state index >= 15 is 0 Å². The summed E-state index contributed by atoms with van der Waals surface area (Å²) in [6.07, 6.45) is 1.42. The first-order valence-electron chi connectivity index (χ1n) is 5.37. The molecule has 2 N–H and O–H groups in total. The molecule has 0 aliphatic carbocycles. The number of nitrogens with two attached hydrogens (primary N) is 1. The van der Waals surface area contributed by atoms with Crippen LogP contribution in [0.3, 0.4) is 0 Å². The first-order valence-corrected chi connectivity index (χ1v) is 6.81. The van der Waals surface area contributed by atoms with E-state index in [4.69, 9.17) is 5.73 Å². The Labute approximate surface area is 105 Å². The number of likely N-dealkylation sites (N-methyl/N-ethyl adjacent to an activating group) is 1. The van der Waals surface area contributed by atoms with Gasteiger partial charge in [-0.1, -0.05) is 0 Å². The highest BCUT2D eigenvalue weighted by Gasteiger charge is 2.32. The standard InChI is InChI=1S/C10H14N4O3S/c1-13-5-6-14(7-9(13)15)18(16,17)8-3-2-4-12-10(8)11/h2-4H,5-7H2,1H3,(H2,11,12). The number of aromatic nitrogens is 1. The van der Waals surface area contributed by atoms with Crippen LogP contribution in [0.2, 0.25) is 0 Å². The molecular weight excluding hydrogens is 256 g/mol. The molecule has 1 saturated heterocycles. The lowest BCUT2D eigenvalue weighted by molar-refractivity contribution is -0.132. The van der Waals surface area contributed by atoms with Crippen LogP contribution in [-0.2, 0) is 14.8 Å². The Balaban J connectivity index is 2.33. The molecule has 1 aromatic rings. The van der Waals surface area contributed by atoms with Gasteiger partial charge in [-0.2, -0.15) is 4.31 Å². The number of sulfonamides is 1. The van der Waals surface area contributed by atoms with Crippen LogP contribution in [0.25, 0.3) is 0 Å². The number of rotatable bonds is 2. The van der Waals surface area contributed by atoms with Gasteiger partial charge in [0.2, 0.25) is 15.9 Å².